The molecule has 5 heteroatoms. The van der Waals surface area contributed by atoms with Crippen molar-refractivity contribution in [1.29, 1.82) is 0 Å². The van der Waals surface area contributed by atoms with E-state index in [1.165, 1.54) is 6.33 Å². The molecule has 0 spiro atoms. The fourth-order valence-corrected chi connectivity index (χ4v) is 2.19. The maximum Gasteiger partial charge on any atom is 0.225 e. The van der Waals surface area contributed by atoms with Crippen molar-refractivity contribution in [2.24, 2.45) is 0 Å². The first-order chi connectivity index (χ1) is 8.36. The average Bonchev–Trinajstić information content (AvgIpc) is 2.59. The first-order valence-electron chi connectivity index (χ1n) is 6.22. The normalized spacial score (nSPS) is 20.3. The van der Waals surface area contributed by atoms with Crippen LogP contribution in [0.3, 0.4) is 0 Å². The lowest BCUT2D eigenvalue weighted by molar-refractivity contribution is -0.131. The number of nitrogens with zero attached hydrogens (tertiary/aromatic N) is 3. The summed E-state index contributed by atoms with van der Waals surface area (Å²) in [4.78, 5) is 22.1. The summed E-state index contributed by atoms with van der Waals surface area (Å²) >= 11 is 0. The van der Waals surface area contributed by atoms with Crippen molar-refractivity contribution in [1.82, 2.24) is 14.9 Å². The summed E-state index contributed by atoms with van der Waals surface area (Å²) in [6, 6.07) is 2.02. The van der Waals surface area contributed by atoms with Gasteiger partial charge in [0.1, 0.15) is 12.1 Å². The summed E-state index contributed by atoms with van der Waals surface area (Å²) in [7, 11) is 0. The smallest absolute Gasteiger partial charge is 0.225 e. The Morgan fingerprint density at radius 3 is 2.67 bits per heavy atom. The van der Waals surface area contributed by atoms with Gasteiger partial charge in [-0.15, -0.1) is 0 Å². The van der Waals surface area contributed by atoms with Gasteiger partial charge in [0.25, 0.3) is 0 Å². The molecule has 1 fully saturated rings. The number of rotatable bonds is 2. The summed E-state index contributed by atoms with van der Waals surface area (Å²) in [6.07, 6.45) is 2.07. The molecule has 1 unspecified atom stereocenters. The highest BCUT2D eigenvalue weighted by Crippen LogP contribution is 2.23. The van der Waals surface area contributed by atoms with E-state index in [4.69, 9.17) is 0 Å². The molecule has 1 atom stereocenters. The molecule has 2 rings (SSSR count). The van der Waals surface area contributed by atoms with Crippen LogP contribution in [0.15, 0.2) is 12.4 Å². The van der Waals surface area contributed by atoms with Gasteiger partial charge in [-0.1, -0.05) is 0 Å². The van der Waals surface area contributed by atoms with Crippen LogP contribution in [0.2, 0.25) is 0 Å². The molecule has 18 heavy (non-hydrogen) atoms. The summed E-state index contributed by atoms with van der Waals surface area (Å²) < 4.78 is 0. The van der Waals surface area contributed by atoms with Gasteiger partial charge in [0.2, 0.25) is 5.91 Å². The number of carbonyl (C=O) groups is 1. The standard InChI is InChI=1S/C13H20N4O/c1-9-5-11(15-8-14-9)16-10-6-12(18)17(7-10)13(2,3)4/h5,8,10H,6-7H2,1-4H3,(H,14,15,16). The Hall–Kier alpha value is -1.65. The van der Waals surface area contributed by atoms with Crippen LogP contribution in [-0.4, -0.2) is 38.9 Å². The topological polar surface area (TPSA) is 58.1 Å². The molecular weight excluding hydrogens is 228 g/mol. The first-order valence-corrected chi connectivity index (χ1v) is 6.22. The number of anilines is 1. The van der Waals surface area contributed by atoms with Gasteiger partial charge in [-0.3, -0.25) is 4.79 Å². The van der Waals surface area contributed by atoms with Gasteiger partial charge >= 0.3 is 0 Å². The molecule has 0 aliphatic carbocycles. The fourth-order valence-electron chi connectivity index (χ4n) is 2.19. The minimum atomic E-state index is -0.116. The second kappa shape index (κ2) is 4.55. The van der Waals surface area contributed by atoms with Crippen molar-refractivity contribution in [3.8, 4) is 0 Å². The molecule has 2 heterocycles. The quantitative estimate of drug-likeness (QED) is 0.863. The predicted octanol–water partition coefficient (Wildman–Crippen LogP) is 1.60. The van der Waals surface area contributed by atoms with E-state index in [1.807, 2.05) is 17.9 Å². The molecule has 5 nitrogen and oxygen atoms in total. The van der Waals surface area contributed by atoms with E-state index in [0.717, 1.165) is 18.1 Å². The van der Waals surface area contributed by atoms with Crippen molar-refractivity contribution in [3.63, 3.8) is 0 Å². The van der Waals surface area contributed by atoms with E-state index in [9.17, 15) is 4.79 Å². The van der Waals surface area contributed by atoms with E-state index < -0.39 is 0 Å². The molecule has 1 aliphatic rings. The van der Waals surface area contributed by atoms with Gasteiger partial charge in [0.05, 0.1) is 6.04 Å². The van der Waals surface area contributed by atoms with Crippen LogP contribution >= 0.6 is 0 Å². The third kappa shape index (κ3) is 2.78. The molecule has 98 valence electrons. The lowest BCUT2D eigenvalue weighted by Gasteiger charge is -2.32. The SMILES string of the molecule is Cc1cc(NC2CC(=O)N(C(C)(C)C)C2)ncn1. The van der Waals surface area contributed by atoms with Gasteiger partial charge in [-0.25, -0.2) is 9.97 Å². The molecule has 1 N–H and O–H groups in total. The molecule has 0 saturated carbocycles. The molecule has 1 aliphatic heterocycles. The summed E-state index contributed by atoms with van der Waals surface area (Å²) in [5, 5.41) is 3.30. The van der Waals surface area contributed by atoms with Crippen LogP contribution < -0.4 is 5.32 Å². The Morgan fingerprint density at radius 1 is 1.39 bits per heavy atom. The largest absolute Gasteiger partial charge is 0.365 e. The molecule has 1 aromatic heterocycles. The number of hydrogen-bond donors (Lipinski definition) is 1. The van der Waals surface area contributed by atoms with E-state index in [-0.39, 0.29) is 17.5 Å². The number of aromatic nitrogens is 2. The van der Waals surface area contributed by atoms with E-state index in [0.29, 0.717) is 6.42 Å². The highest BCUT2D eigenvalue weighted by Gasteiger charge is 2.36. The highest BCUT2D eigenvalue weighted by molar-refractivity contribution is 5.80. The minimum absolute atomic E-state index is 0.116. The number of hydrogen-bond acceptors (Lipinski definition) is 4. The second-order valence-electron chi connectivity index (χ2n) is 5.77. The molecular formula is C13H20N4O. The molecule has 1 saturated heterocycles. The molecule has 1 aromatic rings. The summed E-state index contributed by atoms with van der Waals surface area (Å²) in [5.41, 5.74) is 0.805. The third-order valence-electron chi connectivity index (χ3n) is 3.09. The fraction of sp³-hybridized carbons (Fsp3) is 0.615. The molecule has 1 amide bonds. The first kappa shape index (κ1) is 12.8. The zero-order valence-corrected chi connectivity index (χ0v) is 11.4. The van der Waals surface area contributed by atoms with Crippen molar-refractivity contribution in [2.45, 2.75) is 45.7 Å². The monoisotopic (exact) mass is 248 g/mol. The Labute approximate surface area is 108 Å². The van der Waals surface area contributed by atoms with Crippen molar-refractivity contribution < 1.29 is 4.79 Å². The minimum Gasteiger partial charge on any atom is -0.365 e. The lowest BCUT2D eigenvalue weighted by Crippen LogP contribution is -2.43. The zero-order chi connectivity index (χ0) is 13.3. The van der Waals surface area contributed by atoms with Crippen LogP contribution in [0, 0.1) is 6.92 Å². The Morgan fingerprint density at radius 2 is 2.11 bits per heavy atom. The number of nitrogens with one attached hydrogen (secondary N) is 1. The molecule has 0 radical (unpaired) electrons. The highest BCUT2D eigenvalue weighted by atomic mass is 16.2. The lowest BCUT2D eigenvalue weighted by atomic mass is 10.1. The number of carbonyl (C=O) groups excluding carboxylic acids is 1. The van der Waals surface area contributed by atoms with E-state index >= 15 is 0 Å². The van der Waals surface area contributed by atoms with Crippen LogP contribution in [-0.2, 0) is 4.79 Å². The van der Waals surface area contributed by atoms with Gasteiger partial charge in [0.15, 0.2) is 0 Å². The third-order valence-corrected chi connectivity index (χ3v) is 3.09. The zero-order valence-electron chi connectivity index (χ0n) is 11.4. The Balaban J connectivity index is 2.03. The maximum absolute atomic E-state index is 11.9. The van der Waals surface area contributed by atoms with Gasteiger partial charge in [-0.2, -0.15) is 0 Å². The van der Waals surface area contributed by atoms with Gasteiger partial charge in [0, 0.05) is 30.3 Å². The number of amides is 1. The van der Waals surface area contributed by atoms with Gasteiger partial charge < -0.3 is 10.2 Å². The van der Waals surface area contributed by atoms with Crippen LogP contribution in [0.1, 0.15) is 32.9 Å². The second-order valence-corrected chi connectivity index (χ2v) is 5.77. The van der Waals surface area contributed by atoms with Crippen molar-refractivity contribution >= 4 is 11.7 Å². The molecule has 0 aromatic carbocycles. The van der Waals surface area contributed by atoms with Crippen LogP contribution in [0.25, 0.3) is 0 Å². The predicted molar refractivity (Wildman–Crippen MR) is 70.3 cm³/mol. The van der Waals surface area contributed by atoms with Crippen LogP contribution in [0.5, 0.6) is 0 Å². The summed E-state index contributed by atoms with van der Waals surface area (Å²) in [6.45, 7) is 8.83. The number of likely N-dealkylation sites (tertiary alicyclic amines) is 1. The molecule has 0 bridgehead atoms. The Bertz CT molecular complexity index is 453. The van der Waals surface area contributed by atoms with E-state index in [2.05, 4.69) is 36.1 Å². The number of aryl methyl sites for hydroxylation is 1. The van der Waals surface area contributed by atoms with Crippen LogP contribution in [0.4, 0.5) is 5.82 Å². The van der Waals surface area contributed by atoms with Crippen molar-refractivity contribution in [3.05, 3.63) is 18.1 Å². The average molecular weight is 248 g/mol. The maximum atomic E-state index is 11.9. The Kier molecular flexibility index (Phi) is 3.24. The van der Waals surface area contributed by atoms with Gasteiger partial charge in [-0.05, 0) is 27.7 Å². The summed E-state index contributed by atoms with van der Waals surface area (Å²) in [5.74, 6) is 0.988. The van der Waals surface area contributed by atoms with Crippen molar-refractivity contribution in [2.75, 3.05) is 11.9 Å². The van der Waals surface area contributed by atoms with E-state index in [1.54, 1.807) is 0 Å².